The number of rotatable bonds is 1. The fourth-order valence-corrected chi connectivity index (χ4v) is 0.500. The van der Waals surface area contributed by atoms with Gasteiger partial charge < -0.3 is 4.74 Å². The molecule has 0 spiro atoms. The molecule has 0 heterocycles. The van der Waals surface area contributed by atoms with Crippen LogP contribution in [0.1, 0.15) is 0 Å². The van der Waals surface area contributed by atoms with Crippen molar-refractivity contribution in [2.75, 3.05) is 0 Å². The van der Waals surface area contributed by atoms with Crippen LogP contribution < -0.4 is 0 Å². The lowest BCUT2D eigenvalue weighted by Gasteiger charge is -2.12. The van der Waals surface area contributed by atoms with Crippen LogP contribution in [0.2, 0.25) is 0 Å². The Balaban J connectivity index is 4.93. The number of ether oxygens (including phenoxy) is 1. The SMILES string of the molecule is O=C(OC(=C(F)Cl)C(F)(F)F)C(F)(F)F. The molecule has 0 radical (unpaired) electrons. The molecular weight excluding hydrogens is 260 g/mol. The summed E-state index contributed by atoms with van der Waals surface area (Å²) >= 11 is 4.17. The van der Waals surface area contributed by atoms with Crippen molar-refractivity contribution < 1.29 is 40.3 Å². The molecule has 88 valence electrons. The zero-order valence-corrected chi connectivity index (χ0v) is 7.10. The van der Waals surface area contributed by atoms with Crippen LogP contribution in [0, 0.1) is 0 Å². The monoisotopic (exact) mass is 260 g/mol. The van der Waals surface area contributed by atoms with E-state index in [1.165, 1.54) is 0 Å². The van der Waals surface area contributed by atoms with Gasteiger partial charge in [-0.25, -0.2) is 4.79 Å². The van der Waals surface area contributed by atoms with Crippen LogP contribution in [0.15, 0.2) is 11.0 Å². The molecule has 0 N–H and O–H groups in total. The quantitative estimate of drug-likeness (QED) is 0.411. The molecule has 0 aliphatic rings. The predicted molar refractivity (Wildman–Crippen MR) is 32.2 cm³/mol. The standard InChI is InChI=1S/C5ClF7O2/c6-2(7)1(4(8,9)10)15-3(14)5(11,12)13. The maximum atomic E-state index is 11.9. The summed E-state index contributed by atoms with van der Waals surface area (Å²) in [6.07, 6.45) is -11.3. The number of halogens is 8. The van der Waals surface area contributed by atoms with Crippen molar-refractivity contribution in [1.29, 1.82) is 0 Å². The Kier molecular flexibility index (Phi) is 3.97. The first-order valence-electron chi connectivity index (χ1n) is 2.87. The third-order valence-corrected chi connectivity index (χ3v) is 1.03. The molecule has 0 bridgehead atoms. The predicted octanol–water partition coefficient (Wildman–Crippen LogP) is 3.03. The van der Waals surface area contributed by atoms with E-state index in [0.717, 1.165) is 0 Å². The van der Waals surface area contributed by atoms with Crippen LogP contribution in [0.5, 0.6) is 0 Å². The highest BCUT2D eigenvalue weighted by Gasteiger charge is 2.48. The lowest BCUT2D eigenvalue weighted by molar-refractivity contribution is -0.206. The Bertz CT molecular complexity index is 285. The van der Waals surface area contributed by atoms with Gasteiger partial charge >= 0.3 is 18.3 Å². The summed E-state index contributed by atoms with van der Waals surface area (Å²) in [5, 5.41) is -2.60. The molecule has 0 unspecified atom stereocenters. The Morgan fingerprint density at radius 2 is 1.40 bits per heavy atom. The largest absolute Gasteiger partial charge is 0.491 e. The second-order valence-electron chi connectivity index (χ2n) is 1.97. The van der Waals surface area contributed by atoms with Gasteiger partial charge in [-0.1, -0.05) is 0 Å². The van der Waals surface area contributed by atoms with E-state index in [9.17, 15) is 35.5 Å². The average Bonchev–Trinajstić information content (AvgIpc) is 1.94. The Morgan fingerprint density at radius 3 is 1.60 bits per heavy atom. The first-order chi connectivity index (χ1) is 6.46. The van der Waals surface area contributed by atoms with Gasteiger partial charge in [-0.05, 0) is 11.6 Å². The van der Waals surface area contributed by atoms with E-state index >= 15 is 0 Å². The number of esters is 1. The minimum absolute atomic E-state index is 2.60. The first kappa shape index (κ1) is 14.0. The molecule has 0 rings (SSSR count). The Morgan fingerprint density at radius 1 is 1.00 bits per heavy atom. The van der Waals surface area contributed by atoms with Crippen LogP contribution in [0.4, 0.5) is 30.7 Å². The van der Waals surface area contributed by atoms with E-state index < -0.39 is 29.4 Å². The van der Waals surface area contributed by atoms with Crippen molar-refractivity contribution in [3.63, 3.8) is 0 Å². The van der Waals surface area contributed by atoms with Gasteiger partial charge in [0.25, 0.3) is 5.76 Å². The minimum Gasteiger partial charge on any atom is -0.410 e. The summed E-state index contributed by atoms with van der Waals surface area (Å²) in [5.41, 5.74) is 0. The zero-order chi connectivity index (χ0) is 12.4. The highest BCUT2D eigenvalue weighted by molar-refractivity contribution is 6.28. The van der Waals surface area contributed by atoms with Gasteiger partial charge in [0.15, 0.2) is 0 Å². The number of hydrogen-bond donors (Lipinski definition) is 0. The summed E-state index contributed by atoms with van der Waals surface area (Å²) < 4.78 is 84.0. The highest BCUT2D eigenvalue weighted by atomic mass is 35.5. The summed E-state index contributed by atoms with van der Waals surface area (Å²) in [5.74, 6) is -6.06. The molecule has 0 aromatic heterocycles. The summed E-state index contributed by atoms with van der Waals surface area (Å²) in [6, 6.07) is 0. The lowest BCUT2D eigenvalue weighted by atomic mass is 10.5. The topological polar surface area (TPSA) is 26.3 Å². The maximum absolute atomic E-state index is 11.9. The highest BCUT2D eigenvalue weighted by Crippen LogP contribution is 2.33. The number of carbonyl (C=O) groups is 1. The van der Waals surface area contributed by atoms with Crippen molar-refractivity contribution in [3.05, 3.63) is 11.0 Å². The van der Waals surface area contributed by atoms with Gasteiger partial charge in [0, 0.05) is 0 Å². The molecule has 0 saturated carbocycles. The summed E-state index contributed by atoms with van der Waals surface area (Å²) in [7, 11) is 0. The van der Waals surface area contributed by atoms with Crippen molar-refractivity contribution >= 4 is 17.6 Å². The fraction of sp³-hybridized carbons (Fsp3) is 0.400. The van der Waals surface area contributed by atoms with Gasteiger partial charge in [0.1, 0.15) is 0 Å². The fourth-order valence-electron chi connectivity index (χ4n) is 0.354. The van der Waals surface area contributed by atoms with Crippen LogP contribution >= 0.6 is 11.6 Å². The molecule has 0 aromatic carbocycles. The molecule has 0 aliphatic heterocycles. The molecule has 0 saturated heterocycles. The van der Waals surface area contributed by atoms with E-state index in [4.69, 9.17) is 0 Å². The number of allylic oxidation sites excluding steroid dienone is 1. The molecule has 0 fully saturated rings. The van der Waals surface area contributed by atoms with Crippen LogP contribution in [0.25, 0.3) is 0 Å². The Labute approximate surface area is 82.2 Å². The molecule has 0 atom stereocenters. The van der Waals surface area contributed by atoms with Gasteiger partial charge in [0.2, 0.25) is 5.29 Å². The van der Waals surface area contributed by atoms with Gasteiger partial charge in [-0.15, -0.1) is 0 Å². The number of carbonyl (C=O) groups excluding carboxylic acids is 1. The number of hydrogen-bond acceptors (Lipinski definition) is 2. The van der Waals surface area contributed by atoms with E-state index in [2.05, 4.69) is 16.3 Å². The van der Waals surface area contributed by atoms with Crippen molar-refractivity contribution in [2.45, 2.75) is 12.4 Å². The third-order valence-electron chi connectivity index (χ3n) is 0.855. The maximum Gasteiger partial charge on any atom is 0.491 e. The first-order valence-corrected chi connectivity index (χ1v) is 3.25. The van der Waals surface area contributed by atoms with Crippen molar-refractivity contribution in [1.82, 2.24) is 0 Å². The second-order valence-corrected chi connectivity index (χ2v) is 2.31. The zero-order valence-electron chi connectivity index (χ0n) is 6.34. The summed E-state index contributed by atoms with van der Waals surface area (Å²) in [4.78, 5) is 9.92. The molecule has 0 amide bonds. The van der Waals surface area contributed by atoms with Crippen molar-refractivity contribution in [2.24, 2.45) is 0 Å². The third kappa shape index (κ3) is 4.36. The Hall–Kier alpha value is -0.990. The molecule has 0 aromatic rings. The normalized spacial score (nSPS) is 14.7. The second kappa shape index (κ2) is 4.25. The minimum atomic E-state index is -5.68. The van der Waals surface area contributed by atoms with E-state index in [0.29, 0.717) is 0 Å². The van der Waals surface area contributed by atoms with Gasteiger partial charge in [-0.2, -0.15) is 30.7 Å². The van der Waals surface area contributed by atoms with Crippen LogP contribution in [-0.4, -0.2) is 18.3 Å². The van der Waals surface area contributed by atoms with Gasteiger partial charge in [-0.3, -0.25) is 0 Å². The van der Waals surface area contributed by atoms with E-state index in [1.54, 1.807) is 0 Å². The smallest absolute Gasteiger partial charge is 0.410 e. The van der Waals surface area contributed by atoms with Gasteiger partial charge in [0.05, 0.1) is 0 Å². The van der Waals surface area contributed by atoms with E-state index in [-0.39, 0.29) is 0 Å². The molecule has 2 nitrogen and oxygen atoms in total. The van der Waals surface area contributed by atoms with Crippen LogP contribution in [0.3, 0.4) is 0 Å². The number of alkyl halides is 6. The molecular formula is C5ClF7O2. The lowest BCUT2D eigenvalue weighted by Crippen LogP contribution is -2.29. The van der Waals surface area contributed by atoms with Crippen molar-refractivity contribution in [3.8, 4) is 0 Å². The summed E-state index contributed by atoms with van der Waals surface area (Å²) in [6.45, 7) is 0. The van der Waals surface area contributed by atoms with E-state index in [1.807, 2.05) is 0 Å². The average molecular weight is 260 g/mol. The molecule has 10 heteroatoms. The molecule has 15 heavy (non-hydrogen) atoms. The van der Waals surface area contributed by atoms with Crippen LogP contribution in [-0.2, 0) is 9.53 Å². The molecule has 0 aliphatic carbocycles.